The topological polar surface area (TPSA) is 56.0 Å². The summed E-state index contributed by atoms with van der Waals surface area (Å²) in [4.78, 5) is 0. The predicted octanol–water partition coefficient (Wildman–Crippen LogP) is -0.272. The number of hydrogen-bond donors (Lipinski definition) is 2. The van der Waals surface area contributed by atoms with Gasteiger partial charge in [0.05, 0.1) is 12.0 Å². The maximum Gasteiger partial charge on any atom is 0.0669 e. The third kappa shape index (κ3) is 3.07. The van der Waals surface area contributed by atoms with Gasteiger partial charge in [-0.15, -0.1) is 0 Å². The van der Waals surface area contributed by atoms with Gasteiger partial charge in [-0.05, 0) is 13.0 Å². The fourth-order valence-corrected chi connectivity index (χ4v) is 0.765. The smallest absolute Gasteiger partial charge is 0.0669 e. The van der Waals surface area contributed by atoms with Crippen LogP contribution < -0.4 is 5.32 Å². The first-order valence-electron chi connectivity index (χ1n) is 2.98. The third-order valence-corrected chi connectivity index (χ3v) is 1.24. The highest BCUT2D eigenvalue weighted by atomic mass is 16.2. The molecule has 1 fully saturated rings. The molecule has 3 heteroatoms. The van der Waals surface area contributed by atoms with Crippen LogP contribution in [0.25, 0.3) is 0 Å². The predicted molar refractivity (Wildman–Crippen MR) is 34.7 cm³/mol. The molecule has 0 aromatic carbocycles. The second-order valence-corrected chi connectivity index (χ2v) is 1.82. The van der Waals surface area contributed by atoms with Gasteiger partial charge in [-0.3, -0.25) is 0 Å². The lowest BCUT2D eigenvalue weighted by atomic mass is 10.2. The first-order chi connectivity index (χ1) is 4.43. The van der Waals surface area contributed by atoms with Crippen LogP contribution in [0.3, 0.4) is 0 Å². The summed E-state index contributed by atoms with van der Waals surface area (Å²) in [6, 6.07) is 2.20. The van der Waals surface area contributed by atoms with Gasteiger partial charge in [-0.25, -0.2) is 0 Å². The number of hydrogen-bond acceptors (Lipinski definition) is 3. The molecule has 0 radical (unpaired) electrons. The highest BCUT2D eigenvalue weighted by molar-refractivity contribution is 4.88. The minimum absolute atomic E-state index is 0.292. The van der Waals surface area contributed by atoms with Gasteiger partial charge >= 0.3 is 0 Å². The Morgan fingerprint density at radius 1 is 1.67 bits per heavy atom. The summed E-state index contributed by atoms with van der Waals surface area (Å²) in [7, 11) is 1.00. The van der Waals surface area contributed by atoms with Crippen molar-refractivity contribution in [2.24, 2.45) is 5.92 Å². The number of nitrogens with zero attached hydrogens (tertiary/aromatic N) is 1. The summed E-state index contributed by atoms with van der Waals surface area (Å²) in [6.45, 7) is 1.93. The van der Waals surface area contributed by atoms with Crippen molar-refractivity contribution in [2.45, 2.75) is 6.42 Å². The van der Waals surface area contributed by atoms with E-state index < -0.39 is 0 Å². The highest BCUT2D eigenvalue weighted by Crippen LogP contribution is 2.03. The molecule has 0 aliphatic carbocycles. The highest BCUT2D eigenvalue weighted by Gasteiger charge is 2.11. The molecule has 3 nitrogen and oxygen atoms in total. The van der Waals surface area contributed by atoms with Gasteiger partial charge < -0.3 is 10.4 Å². The summed E-state index contributed by atoms with van der Waals surface area (Å²) >= 11 is 0. The molecule has 1 aliphatic rings. The fourth-order valence-electron chi connectivity index (χ4n) is 0.765. The number of nitrogens with one attached hydrogen (secondary N) is 1. The SMILES string of the molecule is CO.N#CC1CCNC1. The Morgan fingerprint density at radius 3 is 2.56 bits per heavy atom. The van der Waals surface area contributed by atoms with Crippen molar-refractivity contribution in [3.05, 3.63) is 0 Å². The molecule has 0 saturated carbocycles. The summed E-state index contributed by atoms with van der Waals surface area (Å²) in [5, 5.41) is 18.4. The molecule has 2 N–H and O–H groups in total. The number of aliphatic hydroxyl groups excluding tert-OH is 1. The van der Waals surface area contributed by atoms with Gasteiger partial charge in [-0.1, -0.05) is 0 Å². The zero-order valence-corrected chi connectivity index (χ0v) is 5.59. The Morgan fingerprint density at radius 2 is 2.33 bits per heavy atom. The van der Waals surface area contributed by atoms with Crippen LogP contribution in [0, 0.1) is 17.2 Å². The van der Waals surface area contributed by atoms with Crippen molar-refractivity contribution in [3.8, 4) is 6.07 Å². The van der Waals surface area contributed by atoms with Crippen molar-refractivity contribution in [1.29, 1.82) is 5.26 Å². The molecule has 1 atom stereocenters. The summed E-state index contributed by atoms with van der Waals surface area (Å²) in [5.41, 5.74) is 0. The Balaban J connectivity index is 0.000000291. The van der Waals surface area contributed by atoms with E-state index >= 15 is 0 Å². The van der Waals surface area contributed by atoms with Crippen molar-refractivity contribution in [2.75, 3.05) is 20.2 Å². The van der Waals surface area contributed by atoms with Crippen LogP contribution in [0.4, 0.5) is 0 Å². The molecule has 1 unspecified atom stereocenters. The van der Waals surface area contributed by atoms with Crippen LogP contribution in [0.15, 0.2) is 0 Å². The van der Waals surface area contributed by atoms with E-state index in [1.165, 1.54) is 0 Å². The van der Waals surface area contributed by atoms with E-state index in [9.17, 15) is 0 Å². The monoisotopic (exact) mass is 128 g/mol. The zero-order valence-electron chi connectivity index (χ0n) is 5.59. The molecule has 1 heterocycles. The molecular formula is C6H12N2O. The maximum atomic E-state index is 8.28. The third-order valence-electron chi connectivity index (χ3n) is 1.24. The quantitative estimate of drug-likeness (QED) is 0.472. The molecule has 52 valence electrons. The molecule has 1 aliphatic heterocycles. The van der Waals surface area contributed by atoms with Crippen molar-refractivity contribution < 1.29 is 5.11 Å². The lowest BCUT2D eigenvalue weighted by Crippen LogP contribution is -2.07. The molecule has 0 spiro atoms. The summed E-state index contributed by atoms with van der Waals surface area (Å²) in [6.07, 6.45) is 1.04. The standard InChI is InChI=1S/C5H8N2.CH4O/c6-3-5-1-2-7-4-5;1-2/h5,7H,1-2,4H2;2H,1H3. The molecule has 0 amide bonds. The Bertz CT molecular complexity index is 91.7. The first kappa shape index (κ1) is 8.41. The Hall–Kier alpha value is -0.590. The molecular weight excluding hydrogens is 116 g/mol. The van der Waals surface area contributed by atoms with Gasteiger partial charge in [0, 0.05) is 13.7 Å². The van der Waals surface area contributed by atoms with Gasteiger partial charge in [-0.2, -0.15) is 5.26 Å². The molecule has 1 saturated heterocycles. The number of aliphatic hydroxyl groups is 1. The lowest BCUT2D eigenvalue weighted by molar-refractivity contribution is 0.399. The first-order valence-corrected chi connectivity index (χ1v) is 2.98. The average Bonchev–Trinajstić information content (AvgIpc) is 2.43. The van der Waals surface area contributed by atoms with Crippen LogP contribution in [-0.2, 0) is 0 Å². The normalized spacial score (nSPS) is 23.9. The zero-order chi connectivity index (χ0) is 7.11. The number of rotatable bonds is 0. The second kappa shape index (κ2) is 5.54. The summed E-state index contributed by atoms with van der Waals surface area (Å²) in [5.74, 6) is 0.292. The van der Waals surface area contributed by atoms with E-state index in [1.54, 1.807) is 0 Å². The van der Waals surface area contributed by atoms with Gasteiger partial charge in [0.15, 0.2) is 0 Å². The van der Waals surface area contributed by atoms with Crippen molar-refractivity contribution in [3.63, 3.8) is 0 Å². The lowest BCUT2D eigenvalue weighted by Gasteiger charge is -1.87. The molecule has 0 aromatic rings. The van der Waals surface area contributed by atoms with Gasteiger partial charge in [0.2, 0.25) is 0 Å². The van der Waals surface area contributed by atoms with E-state index in [2.05, 4.69) is 11.4 Å². The van der Waals surface area contributed by atoms with Gasteiger partial charge in [0.1, 0.15) is 0 Å². The second-order valence-electron chi connectivity index (χ2n) is 1.82. The van der Waals surface area contributed by atoms with Crippen LogP contribution in [0.1, 0.15) is 6.42 Å². The van der Waals surface area contributed by atoms with Crippen LogP contribution in [0.2, 0.25) is 0 Å². The van der Waals surface area contributed by atoms with Crippen LogP contribution >= 0.6 is 0 Å². The van der Waals surface area contributed by atoms with Crippen molar-refractivity contribution >= 4 is 0 Å². The molecule has 0 aromatic heterocycles. The van der Waals surface area contributed by atoms with E-state index in [0.29, 0.717) is 5.92 Å². The van der Waals surface area contributed by atoms with Crippen molar-refractivity contribution in [1.82, 2.24) is 5.32 Å². The Kier molecular flexibility index (Phi) is 5.18. The van der Waals surface area contributed by atoms with Crippen LogP contribution in [0.5, 0.6) is 0 Å². The van der Waals surface area contributed by atoms with Crippen LogP contribution in [-0.4, -0.2) is 25.3 Å². The average molecular weight is 128 g/mol. The largest absolute Gasteiger partial charge is 0.400 e. The minimum atomic E-state index is 0.292. The van der Waals surface area contributed by atoms with Gasteiger partial charge in [0.25, 0.3) is 0 Å². The van der Waals surface area contributed by atoms with E-state index in [1.807, 2.05) is 0 Å². The maximum absolute atomic E-state index is 8.28. The Labute approximate surface area is 55.3 Å². The number of nitriles is 1. The van der Waals surface area contributed by atoms with E-state index in [0.717, 1.165) is 26.6 Å². The molecule has 9 heavy (non-hydrogen) atoms. The summed E-state index contributed by atoms with van der Waals surface area (Å²) < 4.78 is 0. The van der Waals surface area contributed by atoms with E-state index in [4.69, 9.17) is 10.4 Å². The molecule has 0 bridgehead atoms. The van der Waals surface area contributed by atoms with E-state index in [-0.39, 0.29) is 0 Å². The minimum Gasteiger partial charge on any atom is -0.400 e. The molecule has 1 rings (SSSR count). The fraction of sp³-hybridized carbons (Fsp3) is 0.833.